The molecule has 0 bridgehead atoms. The predicted molar refractivity (Wildman–Crippen MR) is 114 cm³/mol. The number of aromatic amines is 1. The summed E-state index contributed by atoms with van der Waals surface area (Å²) >= 11 is 2.46. The summed E-state index contributed by atoms with van der Waals surface area (Å²) in [5.41, 5.74) is 4.14. The Kier molecular flexibility index (Phi) is 5.41. The van der Waals surface area contributed by atoms with Crippen LogP contribution in [-0.4, -0.2) is 42.0 Å². The zero-order valence-electron chi connectivity index (χ0n) is 15.6. The zero-order valence-corrected chi connectivity index (χ0v) is 17.7. The molecule has 0 aliphatic carbocycles. The number of benzene rings is 1. The maximum absolute atomic E-state index is 5.85. The van der Waals surface area contributed by atoms with Gasteiger partial charge in [-0.3, -0.25) is 4.90 Å². The van der Waals surface area contributed by atoms with Gasteiger partial charge < -0.3 is 14.5 Å². The molecule has 1 N–H and O–H groups in total. The van der Waals surface area contributed by atoms with Crippen molar-refractivity contribution in [2.45, 2.75) is 44.9 Å². The number of nitrogens with one attached hydrogen (secondary N) is 1. The van der Waals surface area contributed by atoms with Crippen LogP contribution in [0.1, 0.15) is 44.0 Å². The molecule has 1 saturated heterocycles. The third kappa shape index (κ3) is 3.59. The van der Waals surface area contributed by atoms with Gasteiger partial charge in [0.1, 0.15) is 0 Å². The zero-order chi connectivity index (χ0) is 18.1. The van der Waals surface area contributed by atoms with Gasteiger partial charge in [0.05, 0.1) is 19.3 Å². The first kappa shape index (κ1) is 18.5. The predicted octanol–water partition coefficient (Wildman–Crippen LogP) is 4.95. The molecular weight excluding hydrogens is 439 g/mol. The number of aromatic nitrogens is 1. The highest BCUT2D eigenvalue weighted by atomic mass is 127. The molecule has 2 aliphatic rings. The Labute approximate surface area is 169 Å². The molecule has 0 amide bonds. The van der Waals surface area contributed by atoms with Gasteiger partial charge in [0.15, 0.2) is 5.79 Å². The van der Waals surface area contributed by atoms with Crippen molar-refractivity contribution in [1.82, 2.24) is 9.88 Å². The summed E-state index contributed by atoms with van der Waals surface area (Å²) < 4.78 is 13.1. The highest BCUT2D eigenvalue weighted by Crippen LogP contribution is 2.39. The minimum Gasteiger partial charge on any atom is -0.357 e. The van der Waals surface area contributed by atoms with Gasteiger partial charge in [-0.05, 0) is 60.9 Å². The topological polar surface area (TPSA) is 37.5 Å². The fourth-order valence-corrected chi connectivity index (χ4v) is 4.71. The van der Waals surface area contributed by atoms with E-state index in [4.69, 9.17) is 9.47 Å². The molecule has 140 valence electrons. The number of para-hydroxylation sites is 1. The molecule has 0 spiro atoms. The number of hydrogen-bond donors (Lipinski definition) is 1. The lowest BCUT2D eigenvalue weighted by molar-refractivity contribution is -0.150. The van der Waals surface area contributed by atoms with Crippen molar-refractivity contribution in [2.75, 3.05) is 26.3 Å². The van der Waals surface area contributed by atoms with Crippen LogP contribution in [0.2, 0.25) is 0 Å². The van der Waals surface area contributed by atoms with Crippen molar-refractivity contribution >= 4 is 33.5 Å². The first-order valence-electron chi connectivity index (χ1n) is 9.52. The highest BCUT2D eigenvalue weighted by Gasteiger charge is 2.35. The second kappa shape index (κ2) is 7.62. The molecule has 0 unspecified atom stereocenters. The van der Waals surface area contributed by atoms with Gasteiger partial charge in [-0.15, -0.1) is 0 Å². The summed E-state index contributed by atoms with van der Waals surface area (Å²) in [7, 11) is 0. The van der Waals surface area contributed by atoms with E-state index in [0.717, 1.165) is 32.4 Å². The summed E-state index contributed by atoms with van der Waals surface area (Å²) in [6, 6.07) is 9.07. The summed E-state index contributed by atoms with van der Waals surface area (Å²) in [5.74, 6) is -0.428. The first-order valence-corrected chi connectivity index (χ1v) is 10.6. The molecule has 4 rings (SSSR count). The molecular formula is C21H27IN2O2. The normalized spacial score (nSPS) is 23.5. The molecule has 1 aromatic carbocycles. The summed E-state index contributed by atoms with van der Waals surface area (Å²) in [4.78, 5) is 6.34. The monoisotopic (exact) mass is 466 g/mol. The van der Waals surface area contributed by atoms with E-state index in [0.29, 0.717) is 19.3 Å². The maximum Gasteiger partial charge on any atom is 0.165 e. The Morgan fingerprint density at radius 3 is 2.88 bits per heavy atom. The van der Waals surface area contributed by atoms with Crippen LogP contribution in [0.3, 0.4) is 0 Å². The Hall–Kier alpha value is -0.890. The van der Waals surface area contributed by atoms with E-state index in [1.54, 1.807) is 0 Å². The average molecular weight is 466 g/mol. The van der Waals surface area contributed by atoms with E-state index >= 15 is 0 Å². The van der Waals surface area contributed by atoms with E-state index in [1.807, 2.05) is 0 Å². The molecule has 5 heteroatoms. The quantitative estimate of drug-likeness (QED) is 0.634. The van der Waals surface area contributed by atoms with E-state index in [2.05, 4.69) is 76.7 Å². The van der Waals surface area contributed by atoms with Gasteiger partial charge in [-0.25, -0.2) is 0 Å². The minimum atomic E-state index is -0.428. The maximum atomic E-state index is 5.85. The van der Waals surface area contributed by atoms with Crippen molar-refractivity contribution in [3.8, 4) is 0 Å². The Bertz CT molecular complexity index is 807. The molecule has 1 aromatic heterocycles. The van der Waals surface area contributed by atoms with Crippen LogP contribution in [0.4, 0.5) is 0 Å². The largest absolute Gasteiger partial charge is 0.357 e. The van der Waals surface area contributed by atoms with Crippen LogP contribution in [-0.2, 0) is 15.9 Å². The van der Waals surface area contributed by atoms with Gasteiger partial charge in [-0.1, -0.05) is 24.3 Å². The molecule has 2 aromatic rings. The van der Waals surface area contributed by atoms with Gasteiger partial charge in [0, 0.05) is 39.7 Å². The first-order chi connectivity index (χ1) is 12.6. The van der Waals surface area contributed by atoms with E-state index in [-0.39, 0.29) is 0 Å². The van der Waals surface area contributed by atoms with E-state index < -0.39 is 5.79 Å². The van der Waals surface area contributed by atoms with Crippen LogP contribution >= 0.6 is 22.6 Å². The van der Waals surface area contributed by atoms with Crippen molar-refractivity contribution in [2.24, 2.45) is 0 Å². The molecule has 4 nitrogen and oxygen atoms in total. The number of allylic oxidation sites excluding steroid dienone is 1. The fourth-order valence-electron chi connectivity index (χ4n) is 4.27. The molecule has 3 heterocycles. The molecule has 26 heavy (non-hydrogen) atoms. The van der Waals surface area contributed by atoms with E-state index in [9.17, 15) is 0 Å². The second-order valence-corrected chi connectivity index (χ2v) is 8.79. The average Bonchev–Trinajstić information content (AvgIpc) is 3.24. The molecule has 2 aliphatic heterocycles. The number of hydrogen-bond acceptors (Lipinski definition) is 3. The number of nitrogens with zero attached hydrogens (tertiary/aromatic N) is 1. The van der Waals surface area contributed by atoms with Gasteiger partial charge in [0.25, 0.3) is 0 Å². The van der Waals surface area contributed by atoms with Crippen LogP contribution in [0.5, 0.6) is 0 Å². The lowest BCUT2D eigenvalue weighted by Gasteiger charge is -2.37. The Morgan fingerprint density at radius 2 is 2.12 bits per heavy atom. The van der Waals surface area contributed by atoms with Crippen molar-refractivity contribution in [3.05, 3.63) is 45.2 Å². The minimum absolute atomic E-state index is 0.375. The standard InChI is InChI=1S/C21H27IN2O2/c1-3-15(22)14-24-11-9-17-16-6-4-5-7-18(16)23-20(17)19(24)8-10-21(2)25-12-13-26-21/h3-7,19,23H,8-14H2,1-2H3/b15-3-/t19-/m0/s1. The molecule has 0 saturated carbocycles. The Balaban J connectivity index is 1.64. The smallest absolute Gasteiger partial charge is 0.165 e. The lowest BCUT2D eigenvalue weighted by atomic mass is 9.93. The van der Waals surface area contributed by atoms with Crippen LogP contribution in [0, 0.1) is 0 Å². The summed E-state index contributed by atoms with van der Waals surface area (Å²) in [6.45, 7) is 7.72. The van der Waals surface area contributed by atoms with Crippen molar-refractivity contribution in [3.63, 3.8) is 0 Å². The molecule has 1 atom stereocenters. The fraction of sp³-hybridized carbons (Fsp3) is 0.524. The van der Waals surface area contributed by atoms with Crippen molar-refractivity contribution < 1.29 is 9.47 Å². The number of ether oxygens (including phenoxy) is 2. The van der Waals surface area contributed by atoms with Crippen molar-refractivity contribution in [1.29, 1.82) is 0 Å². The van der Waals surface area contributed by atoms with E-state index in [1.165, 1.54) is 25.7 Å². The summed E-state index contributed by atoms with van der Waals surface area (Å²) in [6.07, 6.45) is 5.26. The third-order valence-corrected chi connectivity index (χ3v) is 6.67. The number of H-pyrrole nitrogens is 1. The lowest BCUT2D eigenvalue weighted by Crippen LogP contribution is -2.38. The number of rotatable bonds is 5. The van der Waals surface area contributed by atoms with Gasteiger partial charge in [0.2, 0.25) is 0 Å². The number of halogens is 1. The second-order valence-electron chi connectivity index (χ2n) is 7.40. The van der Waals surface area contributed by atoms with Gasteiger partial charge in [-0.2, -0.15) is 0 Å². The van der Waals surface area contributed by atoms with Crippen LogP contribution in [0.15, 0.2) is 33.9 Å². The molecule has 1 fully saturated rings. The third-order valence-electron chi connectivity index (χ3n) is 5.71. The SMILES string of the molecule is C/C=C(\I)CN1CCc2c([nH]c3ccccc23)[C@@H]1CCC1(C)OCCO1. The highest BCUT2D eigenvalue weighted by molar-refractivity contribution is 14.1. The molecule has 0 radical (unpaired) electrons. The Morgan fingerprint density at radius 1 is 1.35 bits per heavy atom. The number of fused-ring (bicyclic) bond motifs is 3. The van der Waals surface area contributed by atoms with Gasteiger partial charge >= 0.3 is 0 Å². The van der Waals surface area contributed by atoms with Crippen LogP contribution in [0.25, 0.3) is 10.9 Å². The summed E-state index contributed by atoms with van der Waals surface area (Å²) in [5, 5.41) is 1.38. The van der Waals surface area contributed by atoms with Crippen LogP contribution < -0.4 is 0 Å².